The van der Waals surface area contributed by atoms with Gasteiger partial charge in [0.1, 0.15) is 0 Å². The van der Waals surface area contributed by atoms with E-state index in [9.17, 15) is 9.59 Å². The fourth-order valence-electron chi connectivity index (χ4n) is 2.45. The molecule has 110 valence electrons. The predicted octanol–water partition coefficient (Wildman–Crippen LogP) is 0.371. The molecule has 1 amide bonds. The van der Waals surface area contributed by atoms with E-state index in [1.807, 2.05) is 6.92 Å². The second-order valence-electron chi connectivity index (χ2n) is 5.20. The van der Waals surface area contributed by atoms with Gasteiger partial charge in [0, 0.05) is 19.2 Å². The van der Waals surface area contributed by atoms with Gasteiger partial charge in [0.25, 0.3) is 0 Å². The van der Waals surface area contributed by atoms with Gasteiger partial charge in [-0.25, -0.2) is 0 Å². The van der Waals surface area contributed by atoms with E-state index in [0.29, 0.717) is 13.0 Å². The molecule has 19 heavy (non-hydrogen) atoms. The molecule has 0 aromatic rings. The van der Waals surface area contributed by atoms with Gasteiger partial charge >= 0.3 is 5.97 Å². The monoisotopic (exact) mass is 272 g/mol. The van der Waals surface area contributed by atoms with E-state index in [-0.39, 0.29) is 30.5 Å². The summed E-state index contributed by atoms with van der Waals surface area (Å²) in [6.07, 6.45) is 3.18. The first-order chi connectivity index (χ1) is 9.02. The molecule has 0 heterocycles. The number of carboxylic acids is 1. The third kappa shape index (κ3) is 6.02. The summed E-state index contributed by atoms with van der Waals surface area (Å²) in [4.78, 5) is 22.6. The number of carbonyl (C=O) groups is 2. The summed E-state index contributed by atoms with van der Waals surface area (Å²) >= 11 is 0. The molecule has 3 unspecified atom stereocenters. The van der Waals surface area contributed by atoms with Crippen LogP contribution in [-0.2, 0) is 14.3 Å². The normalized spacial score (nSPS) is 24.7. The SMILES string of the molecule is COCC(C)NC(=O)CNC1CCCC(C(=O)O)C1. The van der Waals surface area contributed by atoms with Gasteiger partial charge in [-0.3, -0.25) is 9.59 Å². The number of aliphatic carboxylic acids is 1. The maximum Gasteiger partial charge on any atom is 0.306 e. The molecule has 3 N–H and O–H groups in total. The van der Waals surface area contributed by atoms with E-state index in [1.165, 1.54) is 0 Å². The maximum absolute atomic E-state index is 11.6. The van der Waals surface area contributed by atoms with Gasteiger partial charge in [-0.2, -0.15) is 0 Å². The molecule has 0 aliphatic heterocycles. The minimum absolute atomic E-state index is 0.0163. The lowest BCUT2D eigenvalue weighted by Crippen LogP contribution is -2.45. The summed E-state index contributed by atoms with van der Waals surface area (Å²) in [6, 6.07) is 0.107. The van der Waals surface area contributed by atoms with Crippen LogP contribution in [0.4, 0.5) is 0 Å². The van der Waals surface area contributed by atoms with Crippen LogP contribution in [0.15, 0.2) is 0 Å². The Hall–Kier alpha value is -1.14. The van der Waals surface area contributed by atoms with Crippen LogP contribution in [0.1, 0.15) is 32.6 Å². The van der Waals surface area contributed by atoms with Crippen LogP contribution >= 0.6 is 0 Å². The van der Waals surface area contributed by atoms with E-state index in [0.717, 1.165) is 19.3 Å². The van der Waals surface area contributed by atoms with Crippen molar-refractivity contribution < 1.29 is 19.4 Å². The number of amides is 1. The second kappa shape index (κ2) is 8.12. The first kappa shape index (κ1) is 15.9. The summed E-state index contributed by atoms with van der Waals surface area (Å²) in [5.41, 5.74) is 0. The summed E-state index contributed by atoms with van der Waals surface area (Å²) in [7, 11) is 1.59. The van der Waals surface area contributed by atoms with Crippen LogP contribution in [0, 0.1) is 5.92 Å². The number of carboxylic acid groups (broad SMARTS) is 1. The van der Waals surface area contributed by atoms with Crippen molar-refractivity contribution in [3.63, 3.8) is 0 Å². The van der Waals surface area contributed by atoms with Crippen LogP contribution in [0.5, 0.6) is 0 Å². The van der Waals surface area contributed by atoms with Crippen LogP contribution in [0.3, 0.4) is 0 Å². The molecule has 1 fully saturated rings. The summed E-state index contributed by atoms with van der Waals surface area (Å²) < 4.78 is 4.94. The van der Waals surface area contributed by atoms with Gasteiger partial charge < -0.3 is 20.5 Å². The van der Waals surface area contributed by atoms with Gasteiger partial charge in [0.05, 0.1) is 19.1 Å². The van der Waals surface area contributed by atoms with Crippen LogP contribution in [0.2, 0.25) is 0 Å². The molecule has 0 saturated heterocycles. The molecule has 0 aromatic carbocycles. The fourth-order valence-corrected chi connectivity index (χ4v) is 2.45. The summed E-state index contributed by atoms with van der Waals surface area (Å²) in [5, 5.41) is 14.9. The zero-order chi connectivity index (χ0) is 14.3. The first-order valence-corrected chi connectivity index (χ1v) is 6.77. The summed E-state index contributed by atoms with van der Waals surface area (Å²) in [6.45, 7) is 2.59. The largest absolute Gasteiger partial charge is 0.481 e. The Morgan fingerprint density at radius 3 is 2.79 bits per heavy atom. The minimum Gasteiger partial charge on any atom is -0.481 e. The van der Waals surface area contributed by atoms with Crippen molar-refractivity contribution >= 4 is 11.9 Å². The van der Waals surface area contributed by atoms with Gasteiger partial charge in [-0.05, 0) is 26.2 Å². The van der Waals surface area contributed by atoms with Crippen molar-refractivity contribution in [3.8, 4) is 0 Å². The van der Waals surface area contributed by atoms with E-state index in [2.05, 4.69) is 10.6 Å². The number of methoxy groups -OCH3 is 1. The average molecular weight is 272 g/mol. The third-order valence-corrected chi connectivity index (χ3v) is 3.40. The maximum atomic E-state index is 11.6. The van der Waals surface area contributed by atoms with Crippen molar-refractivity contribution in [2.24, 2.45) is 5.92 Å². The van der Waals surface area contributed by atoms with Gasteiger partial charge in [0.15, 0.2) is 0 Å². The molecule has 0 bridgehead atoms. The van der Waals surface area contributed by atoms with Gasteiger partial charge in [0.2, 0.25) is 5.91 Å². The molecular weight excluding hydrogens is 248 g/mol. The predicted molar refractivity (Wildman–Crippen MR) is 70.9 cm³/mol. The number of nitrogens with one attached hydrogen (secondary N) is 2. The lowest BCUT2D eigenvalue weighted by atomic mass is 9.86. The number of rotatable bonds is 7. The van der Waals surface area contributed by atoms with Crippen molar-refractivity contribution in [1.82, 2.24) is 10.6 Å². The van der Waals surface area contributed by atoms with Crippen molar-refractivity contribution in [2.45, 2.75) is 44.7 Å². The smallest absolute Gasteiger partial charge is 0.306 e. The molecule has 1 aliphatic rings. The lowest BCUT2D eigenvalue weighted by Gasteiger charge is -2.27. The third-order valence-electron chi connectivity index (χ3n) is 3.40. The Morgan fingerprint density at radius 1 is 1.42 bits per heavy atom. The number of ether oxygens (including phenoxy) is 1. The number of hydrogen-bond donors (Lipinski definition) is 3. The molecule has 6 nitrogen and oxygen atoms in total. The van der Waals surface area contributed by atoms with E-state index in [4.69, 9.17) is 9.84 Å². The Kier molecular flexibility index (Phi) is 6.80. The van der Waals surface area contributed by atoms with Crippen molar-refractivity contribution in [3.05, 3.63) is 0 Å². The molecule has 1 aliphatic carbocycles. The Labute approximate surface area is 113 Å². The standard InChI is InChI=1S/C13H24N2O4/c1-9(8-19-2)15-12(16)7-14-11-5-3-4-10(6-11)13(17)18/h9-11,14H,3-8H2,1-2H3,(H,15,16)(H,17,18). The molecule has 0 radical (unpaired) electrons. The van der Waals surface area contributed by atoms with Crippen LogP contribution in [0.25, 0.3) is 0 Å². The van der Waals surface area contributed by atoms with Crippen molar-refractivity contribution in [2.75, 3.05) is 20.3 Å². The van der Waals surface area contributed by atoms with Gasteiger partial charge in [-0.15, -0.1) is 0 Å². The highest BCUT2D eigenvalue weighted by molar-refractivity contribution is 5.78. The van der Waals surface area contributed by atoms with E-state index in [1.54, 1.807) is 7.11 Å². The molecular formula is C13H24N2O4. The molecule has 0 aromatic heterocycles. The Morgan fingerprint density at radius 2 is 2.16 bits per heavy atom. The molecule has 1 saturated carbocycles. The van der Waals surface area contributed by atoms with Crippen molar-refractivity contribution in [1.29, 1.82) is 0 Å². The van der Waals surface area contributed by atoms with Crippen LogP contribution in [-0.4, -0.2) is 49.3 Å². The molecule has 0 spiro atoms. The lowest BCUT2D eigenvalue weighted by molar-refractivity contribution is -0.143. The fraction of sp³-hybridized carbons (Fsp3) is 0.846. The first-order valence-electron chi connectivity index (χ1n) is 6.77. The summed E-state index contributed by atoms with van der Waals surface area (Å²) in [5.74, 6) is -1.09. The highest BCUT2D eigenvalue weighted by atomic mass is 16.5. The minimum atomic E-state index is -0.732. The zero-order valence-electron chi connectivity index (χ0n) is 11.6. The highest BCUT2D eigenvalue weighted by Gasteiger charge is 2.26. The molecule has 1 rings (SSSR count). The topological polar surface area (TPSA) is 87.7 Å². The van der Waals surface area contributed by atoms with Gasteiger partial charge in [-0.1, -0.05) is 6.42 Å². The van der Waals surface area contributed by atoms with E-state index < -0.39 is 5.97 Å². The zero-order valence-corrected chi connectivity index (χ0v) is 11.6. The number of carbonyl (C=O) groups excluding carboxylic acids is 1. The average Bonchev–Trinajstić information content (AvgIpc) is 2.37. The second-order valence-corrected chi connectivity index (χ2v) is 5.20. The quantitative estimate of drug-likeness (QED) is 0.623. The number of hydrogen-bond acceptors (Lipinski definition) is 4. The Bertz CT molecular complexity index is 309. The Balaban J connectivity index is 2.24. The highest BCUT2D eigenvalue weighted by Crippen LogP contribution is 2.24. The van der Waals surface area contributed by atoms with Crippen LogP contribution < -0.4 is 10.6 Å². The molecule has 6 heteroatoms. The van der Waals surface area contributed by atoms with E-state index >= 15 is 0 Å². The molecule has 3 atom stereocenters.